The van der Waals surface area contributed by atoms with E-state index in [1.807, 2.05) is 18.2 Å². The summed E-state index contributed by atoms with van der Waals surface area (Å²) in [5, 5.41) is 12.5. The molecule has 6 N–H and O–H groups in total. The number of nitrogens with two attached hydrogens (primary N) is 2. The first kappa shape index (κ1) is 11.1. The molecular formula is C10H12N6O. The Morgan fingerprint density at radius 3 is 2.18 bits per heavy atom. The van der Waals surface area contributed by atoms with Gasteiger partial charge in [0.15, 0.2) is 6.23 Å². The molecular weight excluding hydrogens is 220 g/mol. The standard InChI is InChI=1S/C10H12N6O/c11-8-14-9(12)16-10(15-8)13-7(17)6-4-2-1-3-5-6/h1-5,7,17H,(H5,11,12,13,14,15,16). The molecule has 0 aliphatic carbocycles. The summed E-state index contributed by atoms with van der Waals surface area (Å²) in [6.07, 6.45) is -0.933. The average molecular weight is 232 g/mol. The smallest absolute Gasteiger partial charge is 0.231 e. The molecule has 1 unspecified atom stereocenters. The molecule has 1 heterocycles. The molecule has 0 bridgehead atoms. The lowest BCUT2D eigenvalue weighted by Crippen LogP contribution is -2.14. The third-order valence-corrected chi connectivity index (χ3v) is 2.05. The molecule has 0 aliphatic heterocycles. The molecule has 7 nitrogen and oxygen atoms in total. The van der Waals surface area contributed by atoms with Crippen LogP contribution in [0.4, 0.5) is 17.8 Å². The van der Waals surface area contributed by atoms with Crippen LogP contribution in [-0.2, 0) is 0 Å². The zero-order chi connectivity index (χ0) is 12.3. The van der Waals surface area contributed by atoms with Gasteiger partial charge < -0.3 is 21.9 Å². The van der Waals surface area contributed by atoms with Gasteiger partial charge in [0.1, 0.15) is 0 Å². The number of nitrogen functional groups attached to an aromatic ring is 2. The number of aromatic nitrogens is 3. The van der Waals surface area contributed by atoms with Gasteiger partial charge in [0, 0.05) is 5.56 Å². The van der Waals surface area contributed by atoms with Gasteiger partial charge in [0.2, 0.25) is 17.8 Å². The fourth-order valence-electron chi connectivity index (χ4n) is 1.31. The number of anilines is 3. The SMILES string of the molecule is Nc1nc(N)nc(NC(O)c2ccccc2)n1. The van der Waals surface area contributed by atoms with Crippen molar-refractivity contribution >= 4 is 17.8 Å². The third-order valence-electron chi connectivity index (χ3n) is 2.05. The van der Waals surface area contributed by atoms with E-state index in [1.165, 1.54) is 0 Å². The summed E-state index contributed by atoms with van der Waals surface area (Å²) in [6.45, 7) is 0. The summed E-state index contributed by atoms with van der Waals surface area (Å²) >= 11 is 0. The summed E-state index contributed by atoms with van der Waals surface area (Å²) in [4.78, 5) is 11.2. The lowest BCUT2D eigenvalue weighted by atomic mass is 10.2. The molecule has 2 rings (SSSR count). The minimum Gasteiger partial charge on any atom is -0.369 e. The molecule has 0 saturated carbocycles. The van der Waals surface area contributed by atoms with Gasteiger partial charge in [-0.2, -0.15) is 15.0 Å². The lowest BCUT2D eigenvalue weighted by molar-refractivity contribution is 0.207. The number of hydrogen-bond donors (Lipinski definition) is 4. The summed E-state index contributed by atoms with van der Waals surface area (Å²) in [7, 11) is 0. The van der Waals surface area contributed by atoms with Crippen LogP contribution in [0.25, 0.3) is 0 Å². The van der Waals surface area contributed by atoms with Crippen molar-refractivity contribution in [3.05, 3.63) is 35.9 Å². The first-order valence-electron chi connectivity index (χ1n) is 4.92. The van der Waals surface area contributed by atoms with Crippen LogP contribution in [0.5, 0.6) is 0 Å². The van der Waals surface area contributed by atoms with Crippen molar-refractivity contribution in [1.29, 1.82) is 0 Å². The Balaban J connectivity index is 2.16. The van der Waals surface area contributed by atoms with Gasteiger partial charge in [-0.3, -0.25) is 0 Å². The summed E-state index contributed by atoms with van der Waals surface area (Å²) in [6, 6.07) is 9.03. The highest BCUT2D eigenvalue weighted by atomic mass is 16.3. The first-order valence-corrected chi connectivity index (χ1v) is 4.92. The number of rotatable bonds is 3. The van der Waals surface area contributed by atoms with E-state index in [0.29, 0.717) is 5.56 Å². The van der Waals surface area contributed by atoms with Gasteiger partial charge in [0.05, 0.1) is 0 Å². The molecule has 88 valence electrons. The van der Waals surface area contributed by atoms with Crippen LogP contribution in [0.1, 0.15) is 11.8 Å². The predicted octanol–water partition coefficient (Wildman–Crippen LogP) is 0.139. The molecule has 1 aromatic heterocycles. The maximum Gasteiger partial charge on any atom is 0.231 e. The first-order chi connectivity index (χ1) is 8.15. The molecule has 17 heavy (non-hydrogen) atoms. The fraction of sp³-hybridized carbons (Fsp3) is 0.100. The molecule has 0 aliphatic rings. The second kappa shape index (κ2) is 4.62. The molecule has 0 amide bonds. The van der Waals surface area contributed by atoms with Crippen molar-refractivity contribution in [2.75, 3.05) is 16.8 Å². The maximum atomic E-state index is 9.86. The summed E-state index contributed by atoms with van der Waals surface area (Å²) < 4.78 is 0. The van der Waals surface area contributed by atoms with Crippen molar-refractivity contribution < 1.29 is 5.11 Å². The Morgan fingerprint density at radius 2 is 1.59 bits per heavy atom. The molecule has 0 fully saturated rings. The van der Waals surface area contributed by atoms with Crippen LogP contribution in [-0.4, -0.2) is 20.1 Å². The van der Waals surface area contributed by atoms with Crippen molar-refractivity contribution in [1.82, 2.24) is 15.0 Å². The van der Waals surface area contributed by atoms with Crippen LogP contribution in [0.3, 0.4) is 0 Å². The molecule has 2 aromatic rings. The minimum absolute atomic E-state index is 0.000242. The Kier molecular flexibility index (Phi) is 3.01. The van der Waals surface area contributed by atoms with Gasteiger partial charge in [-0.15, -0.1) is 0 Å². The van der Waals surface area contributed by atoms with Crippen molar-refractivity contribution in [2.45, 2.75) is 6.23 Å². The molecule has 0 saturated heterocycles. The largest absolute Gasteiger partial charge is 0.369 e. The van der Waals surface area contributed by atoms with Gasteiger partial charge >= 0.3 is 0 Å². The van der Waals surface area contributed by atoms with E-state index in [1.54, 1.807) is 12.1 Å². The topological polar surface area (TPSA) is 123 Å². The van der Waals surface area contributed by atoms with Gasteiger partial charge in [0.25, 0.3) is 0 Å². The average Bonchev–Trinajstić information content (AvgIpc) is 2.28. The van der Waals surface area contributed by atoms with Crippen molar-refractivity contribution in [3.8, 4) is 0 Å². The second-order valence-electron chi connectivity index (χ2n) is 3.33. The second-order valence-corrected chi connectivity index (χ2v) is 3.33. The van der Waals surface area contributed by atoms with Gasteiger partial charge in [-0.25, -0.2) is 0 Å². The van der Waals surface area contributed by atoms with Crippen LogP contribution in [0.15, 0.2) is 30.3 Å². The van der Waals surface area contributed by atoms with Crippen LogP contribution >= 0.6 is 0 Å². The number of hydrogen-bond acceptors (Lipinski definition) is 7. The fourth-order valence-corrected chi connectivity index (χ4v) is 1.31. The van der Waals surface area contributed by atoms with E-state index in [2.05, 4.69) is 20.3 Å². The highest BCUT2D eigenvalue weighted by Crippen LogP contribution is 2.14. The van der Waals surface area contributed by atoms with E-state index in [0.717, 1.165) is 0 Å². The Morgan fingerprint density at radius 1 is 1.00 bits per heavy atom. The van der Waals surface area contributed by atoms with E-state index < -0.39 is 6.23 Å². The van der Waals surface area contributed by atoms with E-state index in [4.69, 9.17) is 11.5 Å². The number of nitrogens with one attached hydrogen (secondary N) is 1. The highest BCUT2D eigenvalue weighted by Gasteiger charge is 2.09. The Hall–Kier alpha value is -2.41. The number of benzene rings is 1. The Bertz CT molecular complexity index is 483. The molecule has 1 atom stereocenters. The normalized spacial score (nSPS) is 12.1. The van der Waals surface area contributed by atoms with E-state index in [-0.39, 0.29) is 17.8 Å². The van der Waals surface area contributed by atoms with Crippen LogP contribution < -0.4 is 16.8 Å². The van der Waals surface area contributed by atoms with Crippen molar-refractivity contribution in [2.24, 2.45) is 0 Å². The van der Waals surface area contributed by atoms with Gasteiger partial charge in [-0.05, 0) is 0 Å². The molecule has 1 aromatic carbocycles. The number of aliphatic hydroxyl groups excluding tert-OH is 1. The zero-order valence-corrected chi connectivity index (χ0v) is 8.91. The quantitative estimate of drug-likeness (QED) is 0.555. The summed E-state index contributed by atoms with van der Waals surface area (Å²) in [5.74, 6) is 0.131. The predicted molar refractivity (Wildman–Crippen MR) is 63.7 cm³/mol. The van der Waals surface area contributed by atoms with Crippen molar-refractivity contribution in [3.63, 3.8) is 0 Å². The zero-order valence-electron chi connectivity index (χ0n) is 8.91. The molecule has 0 radical (unpaired) electrons. The molecule has 0 spiro atoms. The minimum atomic E-state index is -0.933. The number of aliphatic hydroxyl groups is 1. The van der Waals surface area contributed by atoms with E-state index >= 15 is 0 Å². The van der Waals surface area contributed by atoms with Crippen LogP contribution in [0.2, 0.25) is 0 Å². The summed E-state index contributed by atoms with van der Waals surface area (Å²) in [5.41, 5.74) is 11.5. The van der Waals surface area contributed by atoms with E-state index in [9.17, 15) is 5.11 Å². The molecule has 7 heteroatoms. The maximum absolute atomic E-state index is 9.86. The highest BCUT2D eigenvalue weighted by molar-refractivity contribution is 5.38. The third kappa shape index (κ3) is 2.79. The monoisotopic (exact) mass is 232 g/mol. The Labute approximate surface area is 97.5 Å². The number of nitrogens with zero attached hydrogens (tertiary/aromatic N) is 3. The van der Waals surface area contributed by atoms with Crippen LogP contribution in [0, 0.1) is 0 Å². The lowest BCUT2D eigenvalue weighted by Gasteiger charge is -2.12. The van der Waals surface area contributed by atoms with Gasteiger partial charge in [-0.1, -0.05) is 30.3 Å².